The number of H-pyrrole nitrogens is 1. The summed E-state index contributed by atoms with van der Waals surface area (Å²) < 4.78 is 0. The number of benzene rings is 2. The molecule has 2 amide bonds. The Bertz CT molecular complexity index is 1230. The molecule has 0 saturated carbocycles. The van der Waals surface area contributed by atoms with Crippen LogP contribution in [0.25, 0.3) is 10.9 Å². The van der Waals surface area contributed by atoms with Crippen molar-refractivity contribution < 1.29 is 14.7 Å². The van der Waals surface area contributed by atoms with E-state index in [-0.39, 0.29) is 24.7 Å². The van der Waals surface area contributed by atoms with Crippen LogP contribution in [0.2, 0.25) is 10.0 Å². The number of fused-ring (bicyclic) bond motifs is 1. The Hall–Kier alpha value is -2.96. The van der Waals surface area contributed by atoms with Crippen molar-refractivity contribution in [3.8, 4) is 0 Å². The van der Waals surface area contributed by atoms with Crippen LogP contribution in [0.5, 0.6) is 0 Å². The first kappa shape index (κ1) is 22.2. The minimum absolute atomic E-state index is 0.0682. The average molecular weight is 472 g/mol. The molecule has 8 heteroatoms. The van der Waals surface area contributed by atoms with Crippen LogP contribution >= 0.6 is 23.2 Å². The third kappa shape index (κ3) is 4.20. The maximum absolute atomic E-state index is 13.0. The molecule has 0 fully saturated rings. The van der Waals surface area contributed by atoms with Gasteiger partial charge in [0.15, 0.2) is 5.76 Å². The van der Waals surface area contributed by atoms with E-state index in [9.17, 15) is 14.7 Å². The molecule has 0 spiro atoms. The number of nitrogens with one attached hydrogen (secondary N) is 1. The standard InChI is InChI=1S/C24H23Cl2N3O3/c1-14(9-16-11-27-21-6-4-3-5-17(16)21)29-13-18(22(30)24(29)32)23(31)28(2)12-15-7-8-19(25)20(26)10-15/h3-8,10-11,14,27,30H,9,12-13H2,1-2H3. The summed E-state index contributed by atoms with van der Waals surface area (Å²) in [6.07, 6.45) is 2.54. The van der Waals surface area contributed by atoms with Gasteiger partial charge in [0.25, 0.3) is 11.8 Å². The Morgan fingerprint density at radius 1 is 1.22 bits per heavy atom. The van der Waals surface area contributed by atoms with Crippen LogP contribution in [0.1, 0.15) is 18.1 Å². The van der Waals surface area contributed by atoms with Crippen LogP contribution < -0.4 is 0 Å². The quantitative estimate of drug-likeness (QED) is 0.545. The summed E-state index contributed by atoms with van der Waals surface area (Å²) in [4.78, 5) is 31.9. The number of aliphatic hydroxyl groups is 1. The average Bonchev–Trinajstić information content (AvgIpc) is 3.31. The van der Waals surface area contributed by atoms with E-state index in [0.717, 1.165) is 22.0 Å². The van der Waals surface area contributed by atoms with E-state index in [1.54, 1.807) is 25.2 Å². The van der Waals surface area contributed by atoms with Gasteiger partial charge in [0.1, 0.15) is 0 Å². The molecule has 3 aromatic rings. The number of carbonyl (C=O) groups excluding carboxylic acids is 2. The van der Waals surface area contributed by atoms with Crippen molar-refractivity contribution in [2.45, 2.75) is 25.9 Å². The molecule has 32 heavy (non-hydrogen) atoms. The fraction of sp³-hybridized carbons (Fsp3) is 0.250. The largest absolute Gasteiger partial charge is 0.503 e. The molecule has 0 aliphatic carbocycles. The summed E-state index contributed by atoms with van der Waals surface area (Å²) in [5, 5.41) is 12.4. The molecule has 1 aromatic heterocycles. The maximum atomic E-state index is 13.0. The van der Waals surface area contributed by atoms with Gasteiger partial charge in [0, 0.05) is 36.7 Å². The van der Waals surface area contributed by atoms with Crippen LogP contribution in [-0.2, 0) is 22.6 Å². The van der Waals surface area contributed by atoms with Crippen molar-refractivity contribution in [1.29, 1.82) is 0 Å². The first-order valence-corrected chi connectivity index (χ1v) is 11.0. The second kappa shape index (κ2) is 8.88. The zero-order chi connectivity index (χ0) is 23.0. The number of rotatable bonds is 6. The van der Waals surface area contributed by atoms with Gasteiger partial charge in [-0.3, -0.25) is 9.59 Å². The molecule has 1 aliphatic rings. The molecule has 2 N–H and O–H groups in total. The number of carbonyl (C=O) groups is 2. The highest BCUT2D eigenvalue weighted by Gasteiger charge is 2.37. The lowest BCUT2D eigenvalue weighted by molar-refractivity contribution is -0.129. The van der Waals surface area contributed by atoms with Crippen molar-refractivity contribution >= 4 is 45.9 Å². The highest BCUT2D eigenvalue weighted by molar-refractivity contribution is 6.42. The number of likely N-dealkylation sites (N-methyl/N-ethyl adjacent to an activating group) is 1. The summed E-state index contributed by atoms with van der Waals surface area (Å²) >= 11 is 12.0. The SMILES string of the molecule is CC(Cc1c[nH]c2ccccc12)N1CC(C(=O)N(C)Cc2ccc(Cl)c(Cl)c2)=C(O)C1=O. The molecule has 4 rings (SSSR count). The van der Waals surface area contributed by atoms with E-state index in [0.29, 0.717) is 16.5 Å². The van der Waals surface area contributed by atoms with E-state index < -0.39 is 17.6 Å². The number of halogens is 2. The number of aliphatic hydroxyl groups excluding tert-OH is 1. The van der Waals surface area contributed by atoms with E-state index >= 15 is 0 Å². The van der Waals surface area contributed by atoms with Gasteiger partial charge in [0.05, 0.1) is 22.2 Å². The highest BCUT2D eigenvalue weighted by Crippen LogP contribution is 2.27. The molecule has 2 aromatic carbocycles. The molecular formula is C24H23Cl2N3O3. The number of aromatic nitrogens is 1. The fourth-order valence-corrected chi connectivity index (χ4v) is 4.37. The normalized spacial score (nSPS) is 15.0. The van der Waals surface area contributed by atoms with Gasteiger partial charge in [-0.15, -0.1) is 0 Å². The Morgan fingerprint density at radius 2 is 1.97 bits per heavy atom. The lowest BCUT2D eigenvalue weighted by atomic mass is 10.1. The summed E-state index contributed by atoms with van der Waals surface area (Å²) in [6.45, 7) is 2.25. The zero-order valence-electron chi connectivity index (χ0n) is 17.7. The van der Waals surface area contributed by atoms with Crippen molar-refractivity contribution in [1.82, 2.24) is 14.8 Å². The van der Waals surface area contributed by atoms with E-state index in [4.69, 9.17) is 23.2 Å². The second-order valence-electron chi connectivity index (χ2n) is 8.08. The number of hydrogen-bond donors (Lipinski definition) is 2. The summed E-state index contributed by atoms with van der Waals surface area (Å²) in [5.41, 5.74) is 3.01. The number of para-hydroxylation sites is 1. The topological polar surface area (TPSA) is 76.6 Å². The lowest BCUT2D eigenvalue weighted by Crippen LogP contribution is -2.38. The van der Waals surface area contributed by atoms with Gasteiger partial charge >= 0.3 is 0 Å². The van der Waals surface area contributed by atoms with Crippen LogP contribution in [0.3, 0.4) is 0 Å². The number of hydrogen-bond acceptors (Lipinski definition) is 3. The molecule has 0 saturated heterocycles. The van der Waals surface area contributed by atoms with Crippen molar-refractivity contribution in [2.75, 3.05) is 13.6 Å². The van der Waals surface area contributed by atoms with Gasteiger partial charge in [-0.05, 0) is 42.7 Å². The summed E-state index contributed by atoms with van der Waals surface area (Å²) in [5.74, 6) is -1.41. The van der Waals surface area contributed by atoms with Crippen molar-refractivity contribution in [3.63, 3.8) is 0 Å². The van der Waals surface area contributed by atoms with Gasteiger partial charge in [-0.25, -0.2) is 0 Å². The lowest BCUT2D eigenvalue weighted by Gasteiger charge is -2.25. The molecular weight excluding hydrogens is 449 g/mol. The molecule has 0 radical (unpaired) electrons. The molecule has 0 bridgehead atoms. The second-order valence-corrected chi connectivity index (χ2v) is 8.90. The molecule has 1 unspecified atom stereocenters. The highest BCUT2D eigenvalue weighted by atomic mass is 35.5. The van der Waals surface area contributed by atoms with Crippen molar-refractivity contribution in [3.05, 3.63) is 81.2 Å². The first-order chi connectivity index (χ1) is 15.3. The Balaban J connectivity index is 1.45. The Kier molecular flexibility index (Phi) is 6.17. The van der Waals surface area contributed by atoms with Crippen LogP contribution in [0, 0.1) is 0 Å². The summed E-state index contributed by atoms with van der Waals surface area (Å²) in [7, 11) is 1.62. The molecule has 2 heterocycles. The third-order valence-electron chi connectivity index (χ3n) is 5.81. The van der Waals surface area contributed by atoms with E-state index in [2.05, 4.69) is 4.98 Å². The maximum Gasteiger partial charge on any atom is 0.289 e. The number of nitrogens with zero attached hydrogens (tertiary/aromatic N) is 2. The predicted octanol–water partition coefficient (Wildman–Crippen LogP) is 4.72. The smallest absolute Gasteiger partial charge is 0.289 e. The summed E-state index contributed by atoms with van der Waals surface area (Å²) in [6, 6.07) is 12.9. The third-order valence-corrected chi connectivity index (χ3v) is 6.55. The van der Waals surface area contributed by atoms with Gasteiger partial charge in [-0.2, -0.15) is 0 Å². The minimum Gasteiger partial charge on any atom is -0.503 e. The van der Waals surface area contributed by atoms with Gasteiger partial charge < -0.3 is 19.9 Å². The van der Waals surface area contributed by atoms with Crippen molar-refractivity contribution in [2.24, 2.45) is 0 Å². The predicted molar refractivity (Wildman–Crippen MR) is 126 cm³/mol. The molecule has 166 valence electrons. The van der Waals surface area contributed by atoms with Gasteiger partial charge in [-0.1, -0.05) is 47.5 Å². The van der Waals surface area contributed by atoms with E-state index in [1.807, 2.05) is 37.4 Å². The zero-order valence-corrected chi connectivity index (χ0v) is 19.2. The molecule has 6 nitrogen and oxygen atoms in total. The molecule has 1 aliphatic heterocycles. The number of amides is 2. The van der Waals surface area contributed by atoms with Crippen LogP contribution in [-0.4, -0.2) is 51.3 Å². The van der Waals surface area contributed by atoms with E-state index in [1.165, 1.54) is 9.80 Å². The van der Waals surface area contributed by atoms with Crippen LogP contribution in [0.15, 0.2) is 60.0 Å². The Labute approximate surface area is 196 Å². The first-order valence-electron chi connectivity index (χ1n) is 10.2. The number of aromatic amines is 1. The van der Waals surface area contributed by atoms with Gasteiger partial charge in [0.2, 0.25) is 0 Å². The fourth-order valence-electron chi connectivity index (χ4n) is 4.05. The minimum atomic E-state index is -0.524. The molecule has 1 atom stereocenters. The monoisotopic (exact) mass is 471 g/mol. The van der Waals surface area contributed by atoms with Crippen LogP contribution in [0.4, 0.5) is 0 Å². The Morgan fingerprint density at radius 3 is 2.72 bits per heavy atom.